The molecule has 0 radical (unpaired) electrons. The van der Waals surface area contributed by atoms with E-state index in [4.69, 9.17) is 28.4 Å². The monoisotopic (exact) mass is 1520 g/mol. The summed E-state index contributed by atoms with van der Waals surface area (Å²) < 4.78 is 43.6. The Labute approximate surface area is 623 Å². The average molecular weight is 1520 g/mol. The maximum atomic E-state index is 12.5. The van der Waals surface area contributed by atoms with Gasteiger partial charge in [-0.05, 0) is 44.4 Å². The Morgan fingerprint density at radius 2 is 0.936 bits per heavy atom. The summed E-state index contributed by atoms with van der Waals surface area (Å²) in [4.78, 5) is 117. The molecule has 580 valence electrons. The van der Waals surface area contributed by atoms with Crippen molar-refractivity contribution >= 4 is 18.1 Å². The lowest BCUT2D eigenvalue weighted by molar-refractivity contribution is -0.158. The number of aliphatic hydroxyl groups is 5. The number of nitrogens with one attached hydrogen (secondary N) is 4. The van der Waals surface area contributed by atoms with Crippen molar-refractivity contribution in [1.82, 2.24) is 83.2 Å². The molecule has 4 aliphatic rings. The molecule has 9 N–H and O–H groups in total. The molecule has 37 heteroatoms. The Morgan fingerprint density at radius 3 is 1.36 bits per heavy atom. The van der Waals surface area contributed by atoms with Crippen LogP contribution in [0.1, 0.15) is 116 Å². The van der Waals surface area contributed by atoms with Crippen LogP contribution in [0.4, 0.5) is 0 Å². The number of nitrogens with zero attached hydrogens (tertiary/aromatic N) is 13. The molecule has 0 bridgehead atoms. The van der Waals surface area contributed by atoms with E-state index in [0.29, 0.717) is 53.1 Å². The van der Waals surface area contributed by atoms with E-state index >= 15 is 0 Å². The number of benzene rings is 3. The number of methoxy groups -OCH3 is 1. The van der Waals surface area contributed by atoms with Gasteiger partial charge in [-0.2, -0.15) is 0 Å². The van der Waals surface area contributed by atoms with Gasteiger partial charge in [0.2, 0.25) is 0 Å². The Balaban J connectivity index is 0.000000146. The molecule has 7 aromatic heterocycles. The second kappa shape index (κ2) is 35.9. The highest BCUT2D eigenvalue weighted by Gasteiger charge is 2.48. The Morgan fingerprint density at radius 1 is 0.527 bits per heavy atom. The number of hydrogen-bond acceptors (Lipinski definition) is 26. The summed E-state index contributed by atoms with van der Waals surface area (Å²) >= 11 is 0. The fourth-order valence-electron chi connectivity index (χ4n) is 12.9. The molecule has 0 aliphatic carbocycles. The molecule has 10 aromatic rings. The molecule has 110 heavy (non-hydrogen) atoms. The number of aromatic amines is 4. The van der Waals surface area contributed by atoms with Crippen molar-refractivity contribution in [1.29, 1.82) is 0 Å². The number of carbonyl (C=O) groups excluding carboxylic acids is 1. The van der Waals surface area contributed by atoms with Crippen molar-refractivity contribution < 1.29 is 58.7 Å². The predicted molar refractivity (Wildman–Crippen MR) is 392 cm³/mol. The third-order valence-electron chi connectivity index (χ3n) is 18.9. The van der Waals surface area contributed by atoms with Gasteiger partial charge in [-0.15, -0.1) is 15.3 Å². The number of esters is 1. The van der Waals surface area contributed by atoms with Crippen LogP contribution in [-0.4, -0.2) is 185 Å². The van der Waals surface area contributed by atoms with Crippen LogP contribution in [0.2, 0.25) is 0 Å². The largest absolute Gasteiger partial charge is 0.497 e. The van der Waals surface area contributed by atoms with Gasteiger partial charge in [-0.1, -0.05) is 127 Å². The van der Waals surface area contributed by atoms with Crippen LogP contribution in [-0.2, 0) is 41.3 Å². The van der Waals surface area contributed by atoms with Crippen LogP contribution in [0.3, 0.4) is 0 Å². The van der Waals surface area contributed by atoms with Gasteiger partial charge in [0.05, 0.1) is 87.3 Å². The summed E-state index contributed by atoms with van der Waals surface area (Å²) in [5.74, 6) is -0.0362. The van der Waals surface area contributed by atoms with E-state index in [0.717, 1.165) is 40.7 Å². The number of ether oxygens (including phenoxy) is 6. The number of unbranched alkanes of at least 4 members (excludes halogenated alkanes) is 1. The first-order valence-electron chi connectivity index (χ1n) is 35.1. The van der Waals surface area contributed by atoms with E-state index in [1.54, 1.807) is 64.6 Å². The molecule has 0 spiro atoms. The number of rotatable bonds is 22. The summed E-state index contributed by atoms with van der Waals surface area (Å²) in [6.07, 6.45) is 9.30. The van der Waals surface area contributed by atoms with E-state index in [1.165, 1.54) is 57.8 Å². The van der Waals surface area contributed by atoms with Crippen molar-refractivity contribution in [2.24, 2.45) is 0 Å². The van der Waals surface area contributed by atoms with Gasteiger partial charge in [0.25, 0.3) is 22.2 Å². The summed E-state index contributed by atoms with van der Waals surface area (Å²) in [5.41, 5.74) is 1.57. The molecule has 11 heterocycles. The van der Waals surface area contributed by atoms with Gasteiger partial charge < -0.3 is 54.0 Å². The molecular weight excluding hydrogens is 1430 g/mol. The van der Waals surface area contributed by atoms with Crippen LogP contribution in [0, 0.1) is 13.8 Å². The lowest BCUT2D eigenvalue weighted by Gasteiger charge is -2.22. The molecule has 0 unspecified atom stereocenters. The fraction of sp³-hybridized carbons (Fsp3) is 0.384. The highest BCUT2D eigenvalue weighted by atomic mass is 16.6. The molecule has 3 aromatic carbocycles. The van der Waals surface area contributed by atoms with Crippen LogP contribution >= 0.6 is 0 Å². The predicted octanol–water partition coefficient (Wildman–Crippen LogP) is 1.48. The van der Waals surface area contributed by atoms with E-state index in [1.807, 2.05) is 66.9 Å². The molecule has 4 fully saturated rings. The lowest BCUT2D eigenvalue weighted by atomic mass is 10.1. The highest BCUT2D eigenvalue weighted by molar-refractivity contribution is 5.73. The van der Waals surface area contributed by atoms with Crippen LogP contribution in [0.25, 0.3) is 34.7 Å². The van der Waals surface area contributed by atoms with Crippen LogP contribution in [0.5, 0.6) is 5.75 Å². The summed E-state index contributed by atoms with van der Waals surface area (Å²) in [7, 11) is 1.53. The van der Waals surface area contributed by atoms with Crippen molar-refractivity contribution in [2.45, 2.75) is 145 Å². The third kappa shape index (κ3) is 18.1. The zero-order chi connectivity index (χ0) is 78.4. The number of aliphatic hydroxyl groups excluding tert-OH is 5. The summed E-state index contributed by atoms with van der Waals surface area (Å²) in [6.45, 7) is 11.2. The topological polar surface area (TPSA) is 485 Å². The zero-order valence-electron chi connectivity index (χ0n) is 60.2. The van der Waals surface area contributed by atoms with Gasteiger partial charge in [0.1, 0.15) is 66.3 Å². The van der Waals surface area contributed by atoms with E-state index in [9.17, 15) is 68.7 Å². The van der Waals surface area contributed by atoms with E-state index in [-0.39, 0.29) is 55.5 Å². The van der Waals surface area contributed by atoms with Gasteiger partial charge in [0, 0.05) is 72.5 Å². The molecule has 14 rings (SSSR count). The molecule has 0 saturated carbocycles. The number of H-pyrrole nitrogens is 4. The first-order valence-corrected chi connectivity index (χ1v) is 35.1. The molecule has 4 aliphatic heterocycles. The van der Waals surface area contributed by atoms with Gasteiger partial charge in [-0.3, -0.25) is 62.2 Å². The number of hydrogen-bond donors (Lipinski definition) is 9. The highest BCUT2D eigenvalue weighted by Crippen LogP contribution is 2.39. The first kappa shape index (κ1) is 79.2. The smallest absolute Gasteiger partial charge is 0.330 e. The minimum Gasteiger partial charge on any atom is -0.497 e. The summed E-state index contributed by atoms with van der Waals surface area (Å²) in [5, 5.41) is 74.1. The average Bonchev–Trinajstić information content (AvgIpc) is 1.64. The van der Waals surface area contributed by atoms with Crippen molar-refractivity contribution in [3.63, 3.8) is 0 Å². The van der Waals surface area contributed by atoms with Crippen molar-refractivity contribution in [3.05, 3.63) is 258 Å². The van der Waals surface area contributed by atoms with Crippen LogP contribution in [0.15, 0.2) is 180 Å². The number of carbonyl (C=O) groups is 1. The van der Waals surface area contributed by atoms with E-state index < -0.39 is 119 Å². The standard InChI is InChI=1S/C20H22N2O8.C19H19N5O4.C18H19N5O4.C16H23N5O4/c1-3-12-9-22(20(27)21-18(12)26)19-17(16(25)14(10-23)29-19)30-15(24)8-11-4-6-13(28-2)7-5-11;1-2-12-9-23(19(27)20-18(12)26)17-8-15(16(11-25)28-17)24-10-14(21-22-24)13-6-4-3-5-7-13;1-11-8-22(18(26)19-17(11)25)16-7-14(15(10-24)27-16)23-9-13(20-21-23)12-5-3-2-4-6-12;1-3-4-5-11-8-21(19-18-11)12-6-14(25-13(12)9-22)20-7-10(2)15(23)17-16(20)24/h3-7,9,14,16-17,19,23,25H,1,8,10H2,2H3,(H,21,26,27);2-7,9-10,15-17,25H,1,8,11H2,(H,20,26,27);2-6,8-9,14-16,24H,7,10H2,1H3,(H,19,25,26);7-8,12-14,22H,3-6,9H2,1-2H3,(H,17,23,24)/t14-,16-,17+,19-;15-,16+,17+;14-,15+,16+;12-,13+,14+/m1000/s1. The third-order valence-corrected chi connectivity index (χ3v) is 18.9. The minimum absolute atomic E-state index is 0.0865. The quantitative estimate of drug-likeness (QED) is 0.0434. The van der Waals surface area contributed by atoms with Crippen molar-refractivity contribution in [2.75, 3.05) is 33.5 Å². The van der Waals surface area contributed by atoms with Gasteiger partial charge in [0.15, 0.2) is 12.3 Å². The summed E-state index contributed by atoms with van der Waals surface area (Å²) in [6, 6.07) is 25.2. The van der Waals surface area contributed by atoms with Gasteiger partial charge >= 0.3 is 28.7 Å². The van der Waals surface area contributed by atoms with E-state index in [2.05, 4.69) is 71.0 Å². The van der Waals surface area contributed by atoms with Crippen LogP contribution < -0.4 is 49.7 Å². The number of aryl methyl sites for hydroxylation is 3. The molecule has 0 amide bonds. The fourth-order valence-corrected chi connectivity index (χ4v) is 12.9. The maximum absolute atomic E-state index is 12.5. The molecule has 13 atom stereocenters. The second-order valence-electron chi connectivity index (χ2n) is 26.1. The lowest BCUT2D eigenvalue weighted by Crippen LogP contribution is -2.41. The first-order chi connectivity index (χ1) is 53.1. The zero-order valence-corrected chi connectivity index (χ0v) is 60.2. The second-order valence-corrected chi connectivity index (χ2v) is 26.1. The minimum atomic E-state index is -1.38. The maximum Gasteiger partial charge on any atom is 0.330 e. The molecule has 4 saturated heterocycles. The Hall–Kier alpha value is -11.8. The SMILES string of the molecule is C=Cc1cn([C@@H]2O[C@H](CO)[C@@H](O)[C@@H]2OC(=O)Cc2ccc(OC)cc2)c(=O)[nH]c1=O.C=Cc1cn([C@H]2C[C@H](n3cc(-c4ccccc4)nn3)[C@@H](CO)O2)c(=O)[nH]c1=O.CCCCc1cn([C@H]2C[C@H](n3cc(C)c(=O)[nH]c3=O)O[C@@H]2CO)nn1.Cc1cn([C@H]2C[C@H](n3cc(-c4ccccc4)nn3)[C@@H](CO)O2)c(=O)[nH]c1=O. The molecular formula is C73H83N17O20. The van der Waals surface area contributed by atoms with Crippen molar-refractivity contribution in [3.8, 4) is 28.3 Å². The number of aromatic nitrogens is 17. The molecule has 37 nitrogen and oxygen atoms in total. The Kier molecular flexibility index (Phi) is 25.9. The Bertz CT molecular complexity index is 5330. The normalized spacial score (nSPS) is 22.6. The van der Waals surface area contributed by atoms with Gasteiger partial charge in [-0.25, -0.2) is 33.2 Å².